The summed E-state index contributed by atoms with van der Waals surface area (Å²) in [7, 11) is 0. The summed E-state index contributed by atoms with van der Waals surface area (Å²) in [4.78, 5) is 2.06. The Labute approximate surface area is 101 Å². The second kappa shape index (κ2) is 6.40. The van der Waals surface area contributed by atoms with Crippen LogP contribution in [0.2, 0.25) is 0 Å². The predicted octanol–water partition coefficient (Wildman–Crippen LogP) is 2.56. The van der Waals surface area contributed by atoms with Gasteiger partial charge in [0.15, 0.2) is 0 Å². The van der Waals surface area contributed by atoms with Crippen molar-refractivity contribution >= 4 is 0 Å². The fourth-order valence-electron chi connectivity index (χ4n) is 2.19. The molecule has 1 heterocycles. The Balaban J connectivity index is 2.43. The second-order valence-electron chi connectivity index (χ2n) is 4.63. The smallest absolute Gasteiger partial charge is 0.330 e. The molecule has 0 aliphatic carbocycles. The molecule has 1 atom stereocenters. The highest BCUT2D eigenvalue weighted by Gasteiger charge is 2.34. The minimum absolute atomic E-state index is 0.104. The minimum atomic E-state index is -4.15. The predicted molar refractivity (Wildman–Crippen MR) is 62.6 cm³/mol. The average Bonchev–Trinajstić information content (AvgIpc) is 2.28. The summed E-state index contributed by atoms with van der Waals surface area (Å²) in [6.07, 6.45) is -0.624. The fraction of sp³-hybridized carbons (Fsp3) is 0.833. The maximum absolute atomic E-state index is 12.4. The molecule has 1 aliphatic heterocycles. The van der Waals surface area contributed by atoms with Crippen molar-refractivity contribution < 1.29 is 13.2 Å². The van der Waals surface area contributed by atoms with Gasteiger partial charge in [0.25, 0.3) is 0 Å². The van der Waals surface area contributed by atoms with Gasteiger partial charge < -0.3 is 5.73 Å². The largest absolute Gasteiger partial charge is 0.412 e. The van der Waals surface area contributed by atoms with Crippen LogP contribution in [0.5, 0.6) is 0 Å². The summed E-state index contributed by atoms with van der Waals surface area (Å²) in [6, 6.07) is 0. The molecule has 5 heteroatoms. The molecule has 0 aromatic carbocycles. The van der Waals surface area contributed by atoms with E-state index in [1.165, 1.54) is 6.08 Å². The molecule has 0 aromatic heterocycles. The van der Waals surface area contributed by atoms with E-state index in [1.54, 1.807) is 0 Å². The summed E-state index contributed by atoms with van der Waals surface area (Å²) in [6.45, 7) is 4.41. The maximum atomic E-state index is 12.4. The summed E-state index contributed by atoms with van der Waals surface area (Å²) in [5, 5.41) is 0. The number of halogens is 3. The number of nitrogens with two attached hydrogens (primary N) is 1. The van der Waals surface area contributed by atoms with Gasteiger partial charge in [0.05, 0.1) is 0 Å². The van der Waals surface area contributed by atoms with E-state index < -0.39 is 6.18 Å². The Kier molecular flexibility index (Phi) is 5.46. The van der Waals surface area contributed by atoms with E-state index >= 15 is 0 Å². The highest BCUT2D eigenvalue weighted by atomic mass is 19.4. The normalized spacial score (nSPS) is 20.2. The zero-order chi connectivity index (χ0) is 12.9. The third-order valence-corrected chi connectivity index (χ3v) is 3.20. The molecule has 2 N–H and O–H groups in total. The van der Waals surface area contributed by atoms with Gasteiger partial charge in [-0.3, -0.25) is 4.90 Å². The van der Waals surface area contributed by atoms with Crippen LogP contribution in [0.15, 0.2) is 11.6 Å². The molecule has 0 amide bonds. The molecule has 0 bridgehead atoms. The van der Waals surface area contributed by atoms with Crippen molar-refractivity contribution in [1.29, 1.82) is 0 Å². The minimum Gasteiger partial charge on any atom is -0.330 e. The van der Waals surface area contributed by atoms with E-state index in [2.05, 4.69) is 11.8 Å². The number of hydrogen-bond acceptors (Lipinski definition) is 2. The van der Waals surface area contributed by atoms with Crippen LogP contribution < -0.4 is 5.73 Å². The van der Waals surface area contributed by atoms with Gasteiger partial charge in [-0.2, -0.15) is 13.2 Å². The molecule has 0 fully saturated rings. The van der Waals surface area contributed by atoms with Crippen LogP contribution in [0.25, 0.3) is 0 Å². The van der Waals surface area contributed by atoms with Crippen molar-refractivity contribution in [3.63, 3.8) is 0 Å². The van der Waals surface area contributed by atoms with Crippen LogP contribution in [0, 0.1) is 5.92 Å². The lowest BCUT2D eigenvalue weighted by atomic mass is 10.0. The highest BCUT2D eigenvalue weighted by molar-refractivity contribution is 5.13. The Morgan fingerprint density at radius 2 is 2.18 bits per heavy atom. The van der Waals surface area contributed by atoms with Crippen molar-refractivity contribution in [2.45, 2.75) is 32.4 Å². The topological polar surface area (TPSA) is 29.3 Å². The van der Waals surface area contributed by atoms with Gasteiger partial charge in [-0.15, -0.1) is 0 Å². The molecule has 1 unspecified atom stereocenters. The van der Waals surface area contributed by atoms with Gasteiger partial charge in [0, 0.05) is 25.2 Å². The SMILES string of the molecule is CCCC(CN)CN1CC=C(C(F)(F)F)CC1. The van der Waals surface area contributed by atoms with Crippen LogP contribution >= 0.6 is 0 Å². The lowest BCUT2D eigenvalue weighted by molar-refractivity contribution is -0.0961. The third-order valence-electron chi connectivity index (χ3n) is 3.20. The van der Waals surface area contributed by atoms with Gasteiger partial charge in [0.2, 0.25) is 0 Å². The number of nitrogens with zero attached hydrogens (tertiary/aromatic N) is 1. The molecular formula is C12H21F3N2. The Morgan fingerprint density at radius 3 is 2.59 bits per heavy atom. The first-order chi connectivity index (χ1) is 7.97. The van der Waals surface area contributed by atoms with E-state index in [0.717, 1.165) is 19.4 Å². The third kappa shape index (κ3) is 4.68. The summed E-state index contributed by atoms with van der Waals surface area (Å²) in [5.41, 5.74) is 5.27. The first-order valence-corrected chi connectivity index (χ1v) is 6.16. The van der Waals surface area contributed by atoms with Gasteiger partial charge in [0.1, 0.15) is 0 Å². The van der Waals surface area contributed by atoms with E-state index in [-0.39, 0.29) is 12.0 Å². The van der Waals surface area contributed by atoms with Crippen molar-refractivity contribution in [1.82, 2.24) is 4.90 Å². The maximum Gasteiger partial charge on any atom is 0.412 e. The Hall–Kier alpha value is -0.550. The molecule has 100 valence electrons. The van der Waals surface area contributed by atoms with Crippen LogP contribution in [-0.2, 0) is 0 Å². The van der Waals surface area contributed by atoms with Gasteiger partial charge in [-0.25, -0.2) is 0 Å². The zero-order valence-electron chi connectivity index (χ0n) is 10.3. The van der Waals surface area contributed by atoms with Crippen LogP contribution in [-0.4, -0.2) is 37.3 Å². The van der Waals surface area contributed by atoms with Gasteiger partial charge >= 0.3 is 6.18 Å². The van der Waals surface area contributed by atoms with E-state index in [0.29, 0.717) is 25.6 Å². The van der Waals surface area contributed by atoms with E-state index in [4.69, 9.17) is 5.73 Å². The summed E-state index contributed by atoms with van der Waals surface area (Å²) < 4.78 is 37.2. The Bertz CT molecular complexity index is 261. The average molecular weight is 250 g/mol. The van der Waals surface area contributed by atoms with Gasteiger partial charge in [-0.05, 0) is 25.3 Å². The van der Waals surface area contributed by atoms with E-state index in [1.807, 2.05) is 0 Å². The molecule has 0 saturated heterocycles. The van der Waals surface area contributed by atoms with Crippen LogP contribution in [0.3, 0.4) is 0 Å². The highest BCUT2D eigenvalue weighted by Crippen LogP contribution is 2.30. The zero-order valence-corrected chi connectivity index (χ0v) is 10.3. The number of rotatable bonds is 5. The number of alkyl halides is 3. The quantitative estimate of drug-likeness (QED) is 0.760. The fourth-order valence-corrected chi connectivity index (χ4v) is 2.19. The summed E-state index contributed by atoms with van der Waals surface area (Å²) >= 11 is 0. The van der Waals surface area contributed by atoms with Crippen molar-refractivity contribution in [2.24, 2.45) is 11.7 Å². The molecule has 1 rings (SSSR count). The lowest BCUT2D eigenvalue weighted by Gasteiger charge is -2.30. The molecule has 0 aromatic rings. The molecule has 2 nitrogen and oxygen atoms in total. The lowest BCUT2D eigenvalue weighted by Crippen LogP contribution is -2.37. The van der Waals surface area contributed by atoms with Crippen LogP contribution in [0.4, 0.5) is 13.2 Å². The second-order valence-corrected chi connectivity index (χ2v) is 4.63. The molecule has 0 radical (unpaired) electrons. The van der Waals surface area contributed by atoms with Gasteiger partial charge in [-0.1, -0.05) is 19.4 Å². The van der Waals surface area contributed by atoms with Crippen molar-refractivity contribution in [2.75, 3.05) is 26.2 Å². The standard InChI is InChI=1S/C12H21F3N2/c1-2-3-10(8-16)9-17-6-4-11(5-7-17)12(13,14)15/h4,10H,2-3,5-9,16H2,1H3. The van der Waals surface area contributed by atoms with Crippen molar-refractivity contribution in [3.05, 3.63) is 11.6 Å². The molecule has 0 spiro atoms. The van der Waals surface area contributed by atoms with Crippen molar-refractivity contribution in [3.8, 4) is 0 Å². The Morgan fingerprint density at radius 1 is 1.47 bits per heavy atom. The summed E-state index contributed by atoms with van der Waals surface area (Å²) in [5.74, 6) is 0.404. The van der Waals surface area contributed by atoms with Crippen LogP contribution in [0.1, 0.15) is 26.2 Å². The molecular weight excluding hydrogens is 229 g/mol. The number of hydrogen-bond donors (Lipinski definition) is 1. The molecule has 17 heavy (non-hydrogen) atoms. The first kappa shape index (κ1) is 14.5. The molecule has 1 aliphatic rings. The molecule has 0 saturated carbocycles. The first-order valence-electron chi connectivity index (χ1n) is 6.16. The monoisotopic (exact) mass is 250 g/mol. The van der Waals surface area contributed by atoms with E-state index in [9.17, 15) is 13.2 Å².